The molecule has 1 fully saturated rings. The molecule has 0 aromatic heterocycles. The monoisotopic (exact) mass is 123 g/mol. The second-order valence-electron chi connectivity index (χ2n) is 2.91. The fraction of sp³-hybridized carbons (Fsp3) is 0.875. The largest absolute Gasteiger partial charge is 0.198 e. The maximum Gasteiger partial charge on any atom is 0.0655 e. The van der Waals surface area contributed by atoms with Crippen molar-refractivity contribution in [2.24, 2.45) is 11.8 Å². The van der Waals surface area contributed by atoms with Gasteiger partial charge >= 0.3 is 0 Å². The van der Waals surface area contributed by atoms with Gasteiger partial charge in [-0.2, -0.15) is 5.26 Å². The van der Waals surface area contributed by atoms with E-state index in [0.29, 0.717) is 5.92 Å². The van der Waals surface area contributed by atoms with Crippen LogP contribution in [0.4, 0.5) is 0 Å². The molecule has 1 aliphatic carbocycles. The molecular formula is C8H13N. The van der Waals surface area contributed by atoms with Crippen LogP contribution in [0.25, 0.3) is 0 Å². The Bertz CT molecular complexity index is 123. The van der Waals surface area contributed by atoms with Crippen LogP contribution in [-0.4, -0.2) is 0 Å². The van der Waals surface area contributed by atoms with E-state index < -0.39 is 0 Å². The highest BCUT2D eigenvalue weighted by Gasteiger charge is 2.22. The van der Waals surface area contributed by atoms with Crippen LogP contribution in [0.2, 0.25) is 0 Å². The number of hydrogen-bond acceptors (Lipinski definition) is 1. The van der Waals surface area contributed by atoms with Crippen molar-refractivity contribution in [1.82, 2.24) is 0 Å². The zero-order valence-electron chi connectivity index (χ0n) is 5.93. The van der Waals surface area contributed by atoms with Crippen LogP contribution in [-0.2, 0) is 0 Å². The predicted molar refractivity (Wildman–Crippen MR) is 36.7 cm³/mol. The minimum atomic E-state index is 0.384. The van der Waals surface area contributed by atoms with Crippen molar-refractivity contribution in [3.05, 3.63) is 0 Å². The standard InChI is InChI=1S/C8H13N/c1-2-7-3-4-8(5-7)6-9/h7-8H,2-5H2,1H3/t7?,8-/m0/s1. The first-order valence-electron chi connectivity index (χ1n) is 3.76. The molecule has 50 valence electrons. The third-order valence-electron chi connectivity index (χ3n) is 2.30. The predicted octanol–water partition coefficient (Wildman–Crippen LogP) is 2.34. The molecule has 1 aliphatic rings. The zero-order chi connectivity index (χ0) is 6.69. The van der Waals surface area contributed by atoms with E-state index in [9.17, 15) is 0 Å². The van der Waals surface area contributed by atoms with Crippen LogP contribution in [0, 0.1) is 23.2 Å². The van der Waals surface area contributed by atoms with Crippen molar-refractivity contribution in [3.8, 4) is 6.07 Å². The average molecular weight is 123 g/mol. The summed E-state index contributed by atoms with van der Waals surface area (Å²) in [5.41, 5.74) is 0. The van der Waals surface area contributed by atoms with Gasteiger partial charge < -0.3 is 0 Å². The van der Waals surface area contributed by atoms with Crippen molar-refractivity contribution in [3.63, 3.8) is 0 Å². The van der Waals surface area contributed by atoms with E-state index in [1.54, 1.807) is 0 Å². The third-order valence-corrected chi connectivity index (χ3v) is 2.30. The van der Waals surface area contributed by atoms with Crippen LogP contribution < -0.4 is 0 Å². The molecule has 1 unspecified atom stereocenters. The van der Waals surface area contributed by atoms with Gasteiger partial charge in [0.15, 0.2) is 0 Å². The molecule has 1 heteroatoms. The van der Waals surface area contributed by atoms with Crippen molar-refractivity contribution < 1.29 is 0 Å². The molecule has 0 heterocycles. The Morgan fingerprint density at radius 3 is 2.67 bits per heavy atom. The minimum absolute atomic E-state index is 0.384. The summed E-state index contributed by atoms with van der Waals surface area (Å²) in [5.74, 6) is 1.24. The molecule has 0 aliphatic heterocycles. The molecule has 1 rings (SSSR count). The van der Waals surface area contributed by atoms with Crippen LogP contribution in [0.3, 0.4) is 0 Å². The average Bonchev–Trinajstić information content (AvgIpc) is 2.34. The molecule has 1 saturated carbocycles. The number of hydrogen-bond donors (Lipinski definition) is 0. The topological polar surface area (TPSA) is 23.8 Å². The zero-order valence-corrected chi connectivity index (χ0v) is 5.93. The summed E-state index contributed by atoms with van der Waals surface area (Å²) in [6, 6.07) is 2.33. The molecule has 0 amide bonds. The first kappa shape index (κ1) is 6.61. The highest BCUT2D eigenvalue weighted by molar-refractivity contribution is 4.89. The molecule has 0 N–H and O–H groups in total. The summed E-state index contributed by atoms with van der Waals surface area (Å²) < 4.78 is 0. The molecule has 0 bridgehead atoms. The summed E-state index contributed by atoms with van der Waals surface area (Å²) in [5, 5.41) is 8.53. The molecule has 0 radical (unpaired) electrons. The van der Waals surface area contributed by atoms with E-state index in [1.807, 2.05) is 0 Å². The Kier molecular flexibility index (Phi) is 2.10. The van der Waals surface area contributed by atoms with Gasteiger partial charge in [0.1, 0.15) is 0 Å². The lowest BCUT2D eigenvalue weighted by Crippen LogP contribution is -1.91. The summed E-state index contributed by atoms with van der Waals surface area (Å²) in [7, 11) is 0. The Labute approximate surface area is 56.7 Å². The first-order chi connectivity index (χ1) is 4.36. The van der Waals surface area contributed by atoms with Gasteiger partial charge in [-0.05, 0) is 25.2 Å². The maximum absolute atomic E-state index is 8.53. The van der Waals surface area contributed by atoms with Gasteiger partial charge in [-0.3, -0.25) is 0 Å². The van der Waals surface area contributed by atoms with Gasteiger partial charge in [0, 0.05) is 5.92 Å². The SMILES string of the molecule is CCC1CC[C@H](C#N)C1. The van der Waals surface area contributed by atoms with E-state index >= 15 is 0 Å². The lowest BCUT2D eigenvalue weighted by Gasteiger charge is -2.01. The Morgan fingerprint density at radius 2 is 2.33 bits per heavy atom. The van der Waals surface area contributed by atoms with Crippen LogP contribution >= 0.6 is 0 Å². The summed E-state index contributed by atoms with van der Waals surface area (Å²) >= 11 is 0. The lowest BCUT2D eigenvalue weighted by molar-refractivity contribution is 0.517. The fourth-order valence-corrected chi connectivity index (χ4v) is 1.56. The van der Waals surface area contributed by atoms with E-state index in [-0.39, 0.29) is 0 Å². The molecule has 1 nitrogen and oxygen atoms in total. The lowest BCUT2D eigenvalue weighted by atomic mass is 10.0. The van der Waals surface area contributed by atoms with Crippen molar-refractivity contribution in [2.45, 2.75) is 32.6 Å². The minimum Gasteiger partial charge on any atom is -0.198 e. The third kappa shape index (κ3) is 1.45. The van der Waals surface area contributed by atoms with Crippen LogP contribution in [0.5, 0.6) is 0 Å². The Morgan fingerprint density at radius 1 is 1.56 bits per heavy atom. The van der Waals surface area contributed by atoms with Gasteiger partial charge in [-0.1, -0.05) is 13.3 Å². The van der Waals surface area contributed by atoms with E-state index in [2.05, 4.69) is 13.0 Å². The van der Waals surface area contributed by atoms with Gasteiger partial charge in [-0.25, -0.2) is 0 Å². The second kappa shape index (κ2) is 2.87. The molecule has 9 heavy (non-hydrogen) atoms. The molecule has 0 spiro atoms. The highest BCUT2D eigenvalue weighted by atomic mass is 14.3. The van der Waals surface area contributed by atoms with Crippen molar-refractivity contribution in [2.75, 3.05) is 0 Å². The van der Waals surface area contributed by atoms with Gasteiger partial charge in [-0.15, -0.1) is 0 Å². The molecule has 0 aromatic carbocycles. The van der Waals surface area contributed by atoms with Gasteiger partial charge in [0.25, 0.3) is 0 Å². The summed E-state index contributed by atoms with van der Waals surface area (Å²) in [4.78, 5) is 0. The normalized spacial score (nSPS) is 34.2. The van der Waals surface area contributed by atoms with Crippen molar-refractivity contribution >= 4 is 0 Å². The quantitative estimate of drug-likeness (QED) is 0.525. The van der Waals surface area contributed by atoms with E-state index in [0.717, 1.165) is 18.8 Å². The molecular weight excluding hydrogens is 110 g/mol. The second-order valence-corrected chi connectivity index (χ2v) is 2.91. The van der Waals surface area contributed by atoms with E-state index in [4.69, 9.17) is 5.26 Å². The highest BCUT2D eigenvalue weighted by Crippen LogP contribution is 2.31. The van der Waals surface area contributed by atoms with Crippen LogP contribution in [0.15, 0.2) is 0 Å². The van der Waals surface area contributed by atoms with Gasteiger partial charge in [0.2, 0.25) is 0 Å². The Balaban J connectivity index is 2.31. The fourth-order valence-electron chi connectivity index (χ4n) is 1.56. The number of nitriles is 1. The molecule has 0 aromatic rings. The van der Waals surface area contributed by atoms with Crippen molar-refractivity contribution in [1.29, 1.82) is 5.26 Å². The molecule has 0 saturated heterocycles. The van der Waals surface area contributed by atoms with Gasteiger partial charge in [0.05, 0.1) is 6.07 Å². The smallest absolute Gasteiger partial charge is 0.0655 e. The van der Waals surface area contributed by atoms with Crippen LogP contribution in [0.1, 0.15) is 32.6 Å². The molecule has 2 atom stereocenters. The number of rotatable bonds is 1. The summed E-state index contributed by atoms with van der Waals surface area (Å²) in [6.45, 7) is 2.21. The maximum atomic E-state index is 8.53. The number of nitrogens with zero attached hydrogens (tertiary/aromatic N) is 1. The first-order valence-corrected chi connectivity index (χ1v) is 3.76. The Hall–Kier alpha value is -0.510. The summed E-state index contributed by atoms with van der Waals surface area (Å²) in [6.07, 6.45) is 4.86. The van der Waals surface area contributed by atoms with E-state index in [1.165, 1.54) is 12.8 Å².